The number of aromatic nitrogens is 1. The van der Waals surface area contributed by atoms with Gasteiger partial charge in [-0.2, -0.15) is 0 Å². The van der Waals surface area contributed by atoms with Crippen molar-refractivity contribution in [1.82, 2.24) is 4.98 Å². The molecule has 0 aliphatic rings. The number of nitrogen functional groups attached to an aromatic ring is 1. The zero-order valence-electron chi connectivity index (χ0n) is 10.8. The lowest BCUT2D eigenvalue weighted by Crippen LogP contribution is -2.08. The minimum Gasteiger partial charge on any atom is -0.478 e. The molecule has 98 valence electrons. The Balaban J connectivity index is 2.58. The largest absolute Gasteiger partial charge is 0.478 e. The van der Waals surface area contributed by atoms with E-state index in [9.17, 15) is 9.90 Å². The minimum atomic E-state index is -1.01. The molecule has 0 aliphatic carbocycles. The van der Waals surface area contributed by atoms with Crippen molar-refractivity contribution in [2.24, 2.45) is 0 Å². The minimum absolute atomic E-state index is 0.156. The first-order valence-corrected chi connectivity index (χ1v) is 5.75. The Morgan fingerprint density at radius 3 is 2.68 bits per heavy atom. The number of benzene rings is 1. The van der Waals surface area contributed by atoms with Crippen LogP contribution in [0.1, 0.15) is 10.4 Å². The Morgan fingerprint density at radius 1 is 1.32 bits per heavy atom. The molecule has 0 amide bonds. The molecule has 2 aromatic rings. The molecule has 1 aromatic heterocycles. The van der Waals surface area contributed by atoms with E-state index in [-0.39, 0.29) is 11.4 Å². The summed E-state index contributed by atoms with van der Waals surface area (Å²) in [5.74, 6) is -0.815. The lowest BCUT2D eigenvalue weighted by molar-refractivity contribution is 0.0697. The van der Waals surface area contributed by atoms with Gasteiger partial charge in [-0.05, 0) is 23.8 Å². The average molecular weight is 257 g/mol. The van der Waals surface area contributed by atoms with E-state index in [0.29, 0.717) is 5.56 Å². The Kier molecular flexibility index (Phi) is 3.37. The number of hydrogen-bond donors (Lipinski definition) is 2. The highest BCUT2D eigenvalue weighted by atomic mass is 16.4. The number of hydrogen-bond acceptors (Lipinski definition) is 4. The van der Waals surface area contributed by atoms with E-state index in [2.05, 4.69) is 4.98 Å². The predicted octanol–water partition coefficient (Wildman–Crippen LogP) is 2.09. The number of anilines is 2. The van der Waals surface area contributed by atoms with Crippen LogP contribution in [0.4, 0.5) is 11.5 Å². The molecule has 0 fully saturated rings. The molecule has 5 nitrogen and oxygen atoms in total. The van der Waals surface area contributed by atoms with Crippen molar-refractivity contribution in [3.63, 3.8) is 0 Å². The molecule has 1 aromatic carbocycles. The van der Waals surface area contributed by atoms with E-state index in [4.69, 9.17) is 5.73 Å². The van der Waals surface area contributed by atoms with Crippen LogP contribution in [-0.4, -0.2) is 30.2 Å². The van der Waals surface area contributed by atoms with E-state index < -0.39 is 5.97 Å². The number of pyridine rings is 1. The maximum Gasteiger partial charge on any atom is 0.336 e. The van der Waals surface area contributed by atoms with Gasteiger partial charge in [0.15, 0.2) is 0 Å². The molecule has 5 heteroatoms. The molecule has 0 saturated heterocycles. The van der Waals surface area contributed by atoms with Crippen molar-refractivity contribution in [3.8, 4) is 11.1 Å². The van der Waals surface area contributed by atoms with Gasteiger partial charge in [-0.25, -0.2) is 9.78 Å². The second-order valence-corrected chi connectivity index (χ2v) is 4.40. The van der Waals surface area contributed by atoms with Crippen LogP contribution in [0.3, 0.4) is 0 Å². The Bertz CT molecular complexity index is 624. The average Bonchev–Trinajstić information content (AvgIpc) is 2.38. The van der Waals surface area contributed by atoms with Crippen molar-refractivity contribution in [1.29, 1.82) is 0 Å². The van der Waals surface area contributed by atoms with Gasteiger partial charge in [0.2, 0.25) is 0 Å². The van der Waals surface area contributed by atoms with Gasteiger partial charge in [0.25, 0.3) is 0 Å². The summed E-state index contributed by atoms with van der Waals surface area (Å²) in [4.78, 5) is 17.2. The first kappa shape index (κ1) is 12.9. The zero-order valence-corrected chi connectivity index (χ0v) is 10.8. The third-order valence-electron chi connectivity index (χ3n) is 2.83. The number of nitrogens with zero attached hydrogens (tertiary/aromatic N) is 2. The zero-order chi connectivity index (χ0) is 14.0. The van der Waals surface area contributed by atoms with Crippen LogP contribution in [-0.2, 0) is 0 Å². The summed E-state index contributed by atoms with van der Waals surface area (Å²) in [7, 11) is 3.86. The van der Waals surface area contributed by atoms with Gasteiger partial charge in [-0.15, -0.1) is 0 Å². The SMILES string of the molecule is CN(C)c1cccc(-c2cnc(N)cc2C(=O)O)c1. The highest BCUT2D eigenvalue weighted by Crippen LogP contribution is 2.27. The fourth-order valence-corrected chi connectivity index (χ4v) is 1.83. The van der Waals surface area contributed by atoms with Gasteiger partial charge >= 0.3 is 5.97 Å². The van der Waals surface area contributed by atoms with E-state index in [1.807, 2.05) is 43.3 Å². The molecular formula is C14H15N3O2. The molecule has 2 rings (SSSR count). The molecule has 3 N–H and O–H groups in total. The molecule has 0 radical (unpaired) electrons. The molecule has 19 heavy (non-hydrogen) atoms. The second kappa shape index (κ2) is 4.97. The third kappa shape index (κ3) is 2.65. The van der Waals surface area contributed by atoms with Gasteiger partial charge in [-0.1, -0.05) is 12.1 Å². The number of aromatic carboxylic acids is 1. The lowest BCUT2D eigenvalue weighted by Gasteiger charge is -2.14. The Hall–Kier alpha value is -2.56. The lowest BCUT2D eigenvalue weighted by atomic mass is 10.0. The van der Waals surface area contributed by atoms with Crippen LogP contribution in [0.25, 0.3) is 11.1 Å². The van der Waals surface area contributed by atoms with E-state index >= 15 is 0 Å². The van der Waals surface area contributed by atoms with E-state index in [1.165, 1.54) is 12.3 Å². The number of carbonyl (C=O) groups is 1. The molecular weight excluding hydrogens is 242 g/mol. The summed E-state index contributed by atoms with van der Waals surface area (Å²) >= 11 is 0. The number of rotatable bonds is 3. The van der Waals surface area contributed by atoms with E-state index in [0.717, 1.165) is 11.3 Å². The van der Waals surface area contributed by atoms with Crippen molar-refractivity contribution in [3.05, 3.63) is 42.1 Å². The van der Waals surface area contributed by atoms with Crippen molar-refractivity contribution >= 4 is 17.5 Å². The molecule has 0 aliphatic heterocycles. The van der Waals surface area contributed by atoms with Crippen LogP contribution in [0.2, 0.25) is 0 Å². The molecule has 0 spiro atoms. The van der Waals surface area contributed by atoms with Gasteiger partial charge in [0.1, 0.15) is 5.82 Å². The fourth-order valence-electron chi connectivity index (χ4n) is 1.83. The summed E-state index contributed by atoms with van der Waals surface area (Å²) in [5.41, 5.74) is 8.05. The molecule has 0 atom stereocenters. The summed E-state index contributed by atoms with van der Waals surface area (Å²) in [5, 5.41) is 9.24. The smallest absolute Gasteiger partial charge is 0.336 e. The maximum absolute atomic E-state index is 11.3. The first-order valence-electron chi connectivity index (χ1n) is 5.75. The van der Waals surface area contributed by atoms with Crippen molar-refractivity contribution < 1.29 is 9.90 Å². The Morgan fingerprint density at radius 2 is 2.05 bits per heavy atom. The second-order valence-electron chi connectivity index (χ2n) is 4.40. The molecule has 0 unspecified atom stereocenters. The highest BCUT2D eigenvalue weighted by Gasteiger charge is 2.13. The monoisotopic (exact) mass is 257 g/mol. The van der Waals surface area contributed by atoms with E-state index in [1.54, 1.807) is 0 Å². The van der Waals surface area contributed by atoms with Gasteiger partial charge in [0.05, 0.1) is 5.56 Å². The summed E-state index contributed by atoms with van der Waals surface area (Å²) in [6.45, 7) is 0. The predicted molar refractivity (Wildman–Crippen MR) is 75.4 cm³/mol. The van der Waals surface area contributed by atoms with Gasteiger partial charge in [-0.3, -0.25) is 0 Å². The number of carboxylic acid groups (broad SMARTS) is 1. The van der Waals surface area contributed by atoms with Crippen LogP contribution >= 0.6 is 0 Å². The van der Waals surface area contributed by atoms with Crippen molar-refractivity contribution in [2.45, 2.75) is 0 Å². The van der Waals surface area contributed by atoms with Crippen molar-refractivity contribution in [2.75, 3.05) is 24.7 Å². The first-order chi connectivity index (χ1) is 8.99. The van der Waals surface area contributed by atoms with Gasteiger partial charge < -0.3 is 15.7 Å². The summed E-state index contributed by atoms with van der Waals surface area (Å²) in [6, 6.07) is 8.98. The summed E-state index contributed by atoms with van der Waals surface area (Å²) < 4.78 is 0. The molecule has 0 bridgehead atoms. The van der Waals surface area contributed by atoms with Crippen LogP contribution in [0, 0.1) is 0 Å². The molecule has 1 heterocycles. The van der Waals surface area contributed by atoms with Crippen LogP contribution in [0.5, 0.6) is 0 Å². The maximum atomic E-state index is 11.3. The number of nitrogens with two attached hydrogens (primary N) is 1. The highest BCUT2D eigenvalue weighted by molar-refractivity contribution is 5.96. The standard InChI is InChI=1S/C14H15N3O2/c1-17(2)10-5-3-4-9(6-10)12-8-16-13(15)7-11(12)14(18)19/h3-8H,1-2H3,(H2,15,16)(H,18,19). The molecule has 0 saturated carbocycles. The summed E-state index contributed by atoms with van der Waals surface area (Å²) in [6.07, 6.45) is 1.49. The normalized spacial score (nSPS) is 10.2. The van der Waals surface area contributed by atoms with Crippen LogP contribution in [0.15, 0.2) is 36.5 Å². The van der Waals surface area contributed by atoms with Crippen LogP contribution < -0.4 is 10.6 Å². The van der Waals surface area contributed by atoms with Gasteiger partial charge in [0, 0.05) is 31.5 Å². The Labute approximate surface area is 111 Å². The third-order valence-corrected chi connectivity index (χ3v) is 2.83. The quantitative estimate of drug-likeness (QED) is 0.880. The fraction of sp³-hybridized carbons (Fsp3) is 0.143. The topological polar surface area (TPSA) is 79.5 Å². The number of carboxylic acids is 1.